The van der Waals surface area contributed by atoms with Crippen LogP contribution in [0, 0.1) is 6.92 Å². The van der Waals surface area contributed by atoms with Crippen molar-refractivity contribution in [3.8, 4) is 0 Å². The van der Waals surface area contributed by atoms with Crippen molar-refractivity contribution in [1.29, 1.82) is 0 Å². The van der Waals surface area contributed by atoms with Crippen LogP contribution in [0.25, 0.3) is 10.8 Å². The lowest BCUT2D eigenvalue weighted by molar-refractivity contribution is 0.597. The topological polar surface area (TPSA) is 86.2 Å². The minimum absolute atomic E-state index is 0.123. The SMILES string of the molecule is Cc1cc2cccc(N)c2cc1S(N)(=O)=O. The number of hydrogen-bond acceptors (Lipinski definition) is 3. The van der Waals surface area contributed by atoms with Crippen LogP contribution in [0.3, 0.4) is 0 Å². The Kier molecular flexibility index (Phi) is 2.36. The number of nitrogen functional groups attached to an aromatic ring is 1. The highest BCUT2D eigenvalue weighted by Gasteiger charge is 2.13. The van der Waals surface area contributed by atoms with Crippen LogP contribution in [-0.4, -0.2) is 8.42 Å². The van der Waals surface area contributed by atoms with Gasteiger partial charge in [-0.15, -0.1) is 0 Å². The molecule has 0 fully saturated rings. The van der Waals surface area contributed by atoms with E-state index in [1.807, 2.05) is 12.1 Å². The number of primary sulfonamides is 1. The van der Waals surface area contributed by atoms with E-state index in [0.717, 1.165) is 5.39 Å². The van der Waals surface area contributed by atoms with Gasteiger partial charge in [0.2, 0.25) is 10.0 Å². The van der Waals surface area contributed by atoms with Gasteiger partial charge in [-0.1, -0.05) is 18.2 Å². The van der Waals surface area contributed by atoms with Gasteiger partial charge < -0.3 is 5.73 Å². The highest BCUT2D eigenvalue weighted by atomic mass is 32.2. The molecule has 0 aromatic heterocycles. The van der Waals surface area contributed by atoms with Gasteiger partial charge in [-0.25, -0.2) is 13.6 Å². The molecule has 0 aliphatic heterocycles. The van der Waals surface area contributed by atoms with Crippen LogP contribution in [0.5, 0.6) is 0 Å². The Bertz CT molecular complexity index is 663. The zero-order valence-electron chi connectivity index (χ0n) is 8.77. The van der Waals surface area contributed by atoms with Crippen molar-refractivity contribution >= 4 is 26.5 Å². The van der Waals surface area contributed by atoms with Gasteiger partial charge in [-0.2, -0.15) is 0 Å². The summed E-state index contributed by atoms with van der Waals surface area (Å²) in [5.74, 6) is 0. The fourth-order valence-corrected chi connectivity index (χ4v) is 2.54. The molecular formula is C11H12N2O2S. The lowest BCUT2D eigenvalue weighted by Crippen LogP contribution is -2.13. The van der Waals surface area contributed by atoms with E-state index < -0.39 is 10.0 Å². The van der Waals surface area contributed by atoms with Crippen molar-refractivity contribution in [2.75, 3.05) is 5.73 Å². The Morgan fingerprint density at radius 2 is 1.88 bits per heavy atom. The first-order chi connectivity index (χ1) is 7.39. The molecule has 0 bridgehead atoms. The number of aryl methyl sites for hydroxylation is 1. The molecule has 2 aromatic carbocycles. The second-order valence-corrected chi connectivity index (χ2v) is 5.26. The Morgan fingerprint density at radius 1 is 1.19 bits per heavy atom. The fourth-order valence-electron chi connectivity index (χ4n) is 1.75. The number of benzene rings is 2. The van der Waals surface area contributed by atoms with Gasteiger partial charge in [0.1, 0.15) is 0 Å². The number of rotatable bonds is 1. The molecule has 0 aliphatic rings. The smallest absolute Gasteiger partial charge is 0.238 e. The molecule has 0 spiro atoms. The molecule has 0 radical (unpaired) electrons. The minimum Gasteiger partial charge on any atom is -0.398 e. The Labute approximate surface area is 93.9 Å². The highest BCUT2D eigenvalue weighted by Crippen LogP contribution is 2.26. The molecule has 0 aliphatic carbocycles. The van der Waals surface area contributed by atoms with Crippen molar-refractivity contribution < 1.29 is 8.42 Å². The van der Waals surface area contributed by atoms with Gasteiger partial charge in [-0.3, -0.25) is 0 Å². The Balaban J connectivity index is 2.90. The highest BCUT2D eigenvalue weighted by molar-refractivity contribution is 7.89. The minimum atomic E-state index is -3.70. The predicted molar refractivity (Wildman–Crippen MR) is 64.5 cm³/mol. The van der Waals surface area contributed by atoms with E-state index in [1.54, 1.807) is 19.1 Å². The number of sulfonamides is 1. The number of hydrogen-bond donors (Lipinski definition) is 2. The quantitative estimate of drug-likeness (QED) is 0.733. The van der Waals surface area contributed by atoms with Gasteiger partial charge in [0.25, 0.3) is 0 Å². The van der Waals surface area contributed by atoms with E-state index in [4.69, 9.17) is 10.9 Å². The van der Waals surface area contributed by atoms with Crippen LogP contribution in [0.1, 0.15) is 5.56 Å². The van der Waals surface area contributed by atoms with Crippen LogP contribution < -0.4 is 10.9 Å². The van der Waals surface area contributed by atoms with Crippen LogP contribution in [0.2, 0.25) is 0 Å². The number of nitrogens with two attached hydrogens (primary N) is 2. The third-order valence-electron chi connectivity index (χ3n) is 2.52. The summed E-state index contributed by atoms with van der Waals surface area (Å²) in [6.45, 7) is 1.71. The molecule has 0 saturated heterocycles. The second kappa shape index (κ2) is 3.47. The van der Waals surface area contributed by atoms with Crippen molar-refractivity contribution in [3.05, 3.63) is 35.9 Å². The third-order valence-corrected chi connectivity index (χ3v) is 3.57. The summed E-state index contributed by atoms with van der Waals surface area (Å²) in [5.41, 5.74) is 6.95. The summed E-state index contributed by atoms with van der Waals surface area (Å²) >= 11 is 0. The van der Waals surface area contributed by atoms with Gasteiger partial charge in [0, 0.05) is 11.1 Å². The first-order valence-corrected chi connectivity index (χ1v) is 6.26. The van der Waals surface area contributed by atoms with Crippen LogP contribution in [0.4, 0.5) is 5.69 Å². The first-order valence-electron chi connectivity index (χ1n) is 4.71. The molecule has 84 valence electrons. The van der Waals surface area contributed by atoms with Gasteiger partial charge in [-0.05, 0) is 30.0 Å². The summed E-state index contributed by atoms with van der Waals surface area (Å²) < 4.78 is 22.7. The molecule has 5 heteroatoms. The summed E-state index contributed by atoms with van der Waals surface area (Å²) in [4.78, 5) is 0.123. The predicted octanol–water partition coefficient (Wildman–Crippen LogP) is 1.38. The standard InChI is InChI=1S/C11H12N2O2S/c1-7-5-8-3-2-4-10(12)9(8)6-11(7)16(13,14)15/h2-6H,12H2,1H3,(H2,13,14,15). The van der Waals surface area contributed by atoms with Crippen molar-refractivity contribution in [1.82, 2.24) is 0 Å². The molecule has 2 aromatic rings. The maximum Gasteiger partial charge on any atom is 0.238 e. The van der Waals surface area contributed by atoms with Gasteiger partial charge in [0.15, 0.2) is 0 Å². The molecular weight excluding hydrogens is 224 g/mol. The average molecular weight is 236 g/mol. The van der Waals surface area contributed by atoms with E-state index in [0.29, 0.717) is 16.6 Å². The maximum atomic E-state index is 11.3. The van der Waals surface area contributed by atoms with E-state index in [-0.39, 0.29) is 4.90 Å². The largest absolute Gasteiger partial charge is 0.398 e. The van der Waals surface area contributed by atoms with E-state index >= 15 is 0 Å². The summed E-state index contributed by atoms with van der Waals surface area (Å²) in [6, 6.07) is 8.73. The molecule has 0 unspecified atom stereocenters. The van der Waals surface area contributed by atoms with Gasteiger partial charge >= 0.3 is 0 Å². The molecule has 16 heavy (non-hydrogen) atoms. The fraction of sp³-hybridized carbons (Fsp3) is 0.0909. The monoisotopic (exact) mass is 236 g/mol. The zero-order chi connectivity index (χ0) is 11.9. The number of fused-ring (bicyclic) bond motifs is 1. The normalized spacial score (nSPS) is 11.9. The Hall–Kier alpha value is -1.59. The Morgan fingerprint density at radius 3 is 2.50 bits per heavy atom. The van der Waals surface area contributed by atoms with Crippen LogP contribution in [-0.2, 0) is 10.0 Å². The van der Waals surface area contributed by atoms with Crippen molar-refractivity contribution in [2.24, 2.45) is 5.14 Å². The molecule has 0 atom stereocenters. The molecule has 0 amide bonds. The molecule has 0 saturated carbocycles. The molecule has 2 rings (SSSR count). The second-order valence-electron chi connectivity index (χ2n) is 3.73. The van der Waals surface area contributed by atoms with Crippen molar-refractivity contribution in [3.63, 3.8) is 0 Å². The summed E-state index contributed by atoms with van der Waals surface area (Å²) in [7, 11) is -3.70. The zero-order valence-corrected chi connectivity index (χ0v) is 9.58. The van der Waals surface area contributed by atoms with Gasteiger partial charge in [0.05, 0.1) is 4.90 Å². The average Bonchev–Trinajstić information content (AvgIpc) is 2.15. The van der Waals surface area contributed by atoms with E-state index in [1.165, 1.54) is 6.07 Å². The third kappa shape index (κ3) is 1.75. The van der Waals surface area contributed by atoms with Crippen LogP contribution >= 0.6 is 0 Å². The summed E-state index contributed by atoms with van der Waals surface area (Å²) in [6.07, 6.45) is 0. The summed E-state index contributed by atoms with van der Waals surface area (Å²) in [5, 5.41) is 6.74. The van der Waals surface area contributed by atoms with Crippen LogP contribution in [0.15, 0.2) is 35.2 Å². The maximum absolute atomic E-state index is 11.3. The molecule has 4 N–H and O–H groups in total. The molecule has 4 nitrogen and oxygen atoms in total. The van der Waals surface area contributed by atoms with E-state index in [2.05, 4.69) is 0 Å². The lowest BCUT2D eigenvalue weighted by atomic mass is 10.1. The van der Waals surface area contributed by atoms with Crippen molar-refractivity contribution in [2.45, 2.75) is 11.8 Å². The lowest BCUT2D eigenvalue weighted by Gasteiger charge is -2.07. The number of anilines is 1. The first kappa shape index (κ1) is 10.9. The van der Waals surface area contributed by atoms with E-state index in [9.17, 15) is 8.42 Å². The molecule has 0 heterocycles.